The first-order valence-corrected chi connectivity index (χ1v) is 12.1. The SMILES string of the molecule is Cc1oc(-c2ccc(C(=O)N[C@@H]3CCC[C@@H](C)[C@H]3C)cc2)nc1CSc1ccccc1. The largest absolute Gasteiger partial charge is 0.441 e. The predicted octanol–water partition coefficient (Wildman–Crippen LogP) is 6.50. The van der Waals surface area contributed by atoms with Crippen LogP contribution < -0.4 is 5.32 Å². The van der Waals surface area contributed by atoms with Crippen LogP contribution in [0, 0.1) is 18.8 Å². The molecule has 3 aromatic rings. The Labute approximate surface area is 188 Å². The summed E-state index contributed by atoms with van der Waals surface area (Å²) in [5.74, 6) is 3.37. The third-order valence-electron chi connectivity index (χ3n) is 6.43. The molecule has 0 radical (unpaired) electrons. The number of thioether (sulfide) groups is 1. The van der Waals surface area contributed by atoms with E-state index in [1.165, 1.54) is 17.7 Å². The molecule has 1 N–H and O–H groups in total. The number of rotatable bonds is 6. The Hall–Kier alpha value is -2.53. The van der Waals surface area contributed by atoms with Gasteiger partial charge in [-0.05, 0) is 61.6 Å². The van der Waals surface area contributed by atoms with E-state index in [2.05, 4.69) is 31.3 Å². The monoisotopic (exact) mass is 434 g/mol. The predicted molar refractivity (Wildman–Crippen MR) is 126 cm³/mol. The average Bonchev–Trinajstić information content (AvgIpc) is 3.17. The Morgan fingerprint density at radius 1 is 1.10 bits per heavy atom. The third kappa shape index (κ3) is 5.21. The van der Waals surface area contributed by atoms with Crippen LogP contribution in [-0.2, 0) is 5.75 Å². The maximum atomic E-state index is 12.7. The van der Waals surface area contributed by atoms with Gasteiger partial charge in [-0.15, -0.1) is 11.8 Å². The summed E-state index contributed by atoms with van der Waals surface area (Å²) in [7, 11) is 0. The van der Waals surface area contributed by atoms with Gasteiger partial charge in [-0.2, -0.15) is 0 Å². The number of amides is 1. The van der Waals surface area contributed by atoms with E-state index >= 15 is 0 Å². The molecule has 1 aliphatic rings. The summed E-state index contributed by atoms with van der Waals surface area (Å²) in [6.07, 6.45) is 3.50. The highest BCUT2D eigenvalue weighted by Crippen LogP contribution is 2.30. The van der Waals surface area contributed by atoms with Gasteiger partial charge in [-0.1, -0.05) is 44.9 Å². The molecule has 1 fully saturated rings. The molecule has 1 saturated carbocycles. The van der Waals surface area contributed by atoms with E-state index in [1.807, 2.05) is 49.4 Å². The van der Waals surface area contributed by atoms with Gasteiger partial charge in [0.25, 0.3) is 5.91 Å². The molecule has 2 aromatic carbocycles. The van der Waals surface area contributed by atoms with Crippen LogP contribution >= 0.6 is 11.8 Å². The highest BCUT2D eigenvalue weighted by Gasteiger charge is 2.28. The molecule has 0 unspecified atom stereocenters. The fourth-order valence-corrected chi connectivity index (χ4v) is 5.08. The van der Waals surface area contributed by atoms with Crippen LogP contribution in [0.15, 0.2) is 63.9 Å². The van der Waals surface area contributed by atoms with Crippen molar-refractivity contribution in [1.29, 1.82) is 0 Å². The van der Waals surface area contributed by atoms with Crippen molar-refractivity contribution in [3.63, 3.8) is 0 Å². The highest BCUT2D eigenvalue weighted by molar-refractivity contribution is 7.98. The average molecular weight is 435 g/mol. The van der Waals surface area contributed by atoms with Crippen molar-refractivity contribution in [3.05, 3.63) is 71.6 Å². The second-order valence-corrected chi connectivity index (χ2v) is 9.60. The number of oxazole rings is 1. The standard InChI is InChI=1S/C26H30N2O2S/c1-17-8-7-11-23(18(17)2)27-25(29)20-12-14-21(15-13-20)26-28-24(19(3)30-26)16-31-22-9-5-4-6-10-22/h4-6,9-10,12-15,17-18,23H,7-8,11,16H2,1-3H3,(H,27,29)/t17-,18-,23-/m1/s1. The van der Waals surface area contributed by atoms with Crippen LogP contribution in [-0.4, -0.2) is 16.9 Å². The molecule has 0 aliphatic heterocycles. The van der Waals surface area contributed by atoms with E-state index in [0.29, 0.717) is 23.3 Å². The van der Waals surface area contributed by atoms with Gasteiger partial charge in [0.05, 0.1) is 5.69 Å². The molecule has 1 heterocycles. The molecule has 4 nitrogen and oxygen atoms in total. The van der Waals surface area contributed by atoms with Gasteiger partial charge in [0.15, 0.2) is 0 Å². The maximum absolute atomic E-state index is 12.7. The number of carbonyl (C=O) groups excluding carboxylic acids is 1. The molecule has 0 saturated heterocycles. The van der Waals surface area contributed by atoms with Crippen molar-refractivity contribution < 1.29 is 9.21 Å². The quantitative estimate of drug-likeness (QED) is 0.450. The summed E-state index contributed by atoms with van der Waals surface area (Å²) < 4.78 is 5.91. The number of benzene rings is 2. The number of hydrogen-bond acceptors (Lipinski definition) is 4. The van der Waals surface area contributed by atoms with Crippen molar-refractivity contribution in [2.75, 3.05) is 0 Å². The molecule has 3 atom stereocenters. The van der Waals surface area contributed by atoms with Gasteiger partial charge >= 0.3 is 0 Å². The minimum atomic E-state index is 0.000958. The molecule has 0 spiro atoms. The Morgan fingerprint density at radius 2 is 1.84 bits per heavy atom. The van der Waals surface area contributed by atoms with E-state index in [1.54, 1.807) is 11.8 Å². The fourth-order valence-electron chi connectivity index (χ4n) is 4.16. The number of nitrogens with zero attached hydrogens (tertiary/aromatic N) is 1. The summed E-state index contributed by atoms with van der Waals surface area (Å²) in [4.78, 5) is 18.6. The Balaban J connectivity index is 1.40. The van der Waals surface area contributed by atoms with Crippen LogP contribution in [0.2, 0.25) is 0 Å². The summed E-state index contributed by atoms with van der Waals surface area (Å²) in [5.41, 5.74) is 2.51. The van der Waals surface area contributed by atoms with Crippen LogP contribution in [0.3, 0.4) is 0 Å². The zero-order valence-corrected chi connectivity index (χ0v) is 19.2. The van der Waals surface area contributed by atoms with Gasteiger partial charge in [-0.3, -0.25) is 4.79 Å². The number of aromatic nitrogens is 1. The normalized spacial score (nSPS) is 21.1. The molecule has 1 aliphatic carbocycles. The van der Waals surface area contributed by atoms with E-state index in [4.69, 9.17) is 9.40 Å². The van der Waals surface area contributed by atoms with Crippen molar-refractivity contribution in [2.45, 2.75) is 56.7 Å². The van der Waals surface area contributed by atoms with Crippen molar-refractivity contribution in [1.82, 2.24) is 10.3 Å². The topological polar surface area (TPSA) is 55.1 Å². The van der Waals surface area contributed by atoms with Crippen molar-refractivity contribution in [3.8, 4) is 11.5 Å². The Kier molecular flexibility index (Phi) is 6.81. The molecule has 31 heavy (non-hydrogen) atoms. The Bertz CT molecular complexity index is 1010. The molecule has 4 rings (SSSR count). The molecule has 1 amide bonds. The molecular weight excluding hydrogens is 404 g/mol. The lowest BCUT2D eigenvalue weighted by molar-refractivity contribution is 0.0891. The van der Waals surface area contributed by atoms with Crippen LogP contribution in [0.25, 0.3) is 11.5 Å². The molecule has 162 valence electrons. The zero-order valence-electron chi connectivity index (χ0n) is 18.4. The van der Waals surface area contributed by atoms with Crippen LogP contribution in [0.1, 0.15) is 54.9 Å². The van der Waals surface area contributed by atoms with Crippen LogP contribution in [0.5, 0.6) is 0 Å². The smallest absolute Gasteiger partial charge is 0.251 e. The number of carbonyl (C=O) groups is 1. The first-order valence-electron chi connectivity index (χ1n) is 11.1. The maximum Gasteiger partial charge on any atom is 0.251 e. The number of hydrogen-bond donors (Lipinski definition) is 1. The highest BCUT2D eigenvalue weighted by atomic mass is 32.2. The van der Waals surface area contributed by atoms with E-state index in [9.17, 15) is 4.79 Å². The minimum Gasteiger partial charge on any atom is -0.441 e. The van der Waals surface area contributed by atoms with Crippen LogP contribution in [0.4, 0.5) is 0 Å². The van der Waals surface area contributed by atoms with Gasteiger partial charge in [0, 0.05) is 27.8 Å². The van der Waals surface area contributed by atoms with Gasteiger partial charge in [0.2, 0.25) is 5.89 Å². The zero-order chi connectivity index (χ0) is 21.8. The van der Waals surface area contributed by atoms with Gasteiger partial charge in [0.1, 0.15) is 5.76 Å². The van der Waals surface area contributed by atoms with Crippen molar-refractivity contribution in [2.24, 2.45) is 11.8 Å². The Morgan fingerprint density at radius 3 is 2.58 bits per heavy atom. The second kappa shape index (κ2) is 9.73. The van der Waals surface area contributed by atoms with E-state index < -0.39 is 0 Å². The van der Waals surface area contributed by atoms with Crippen molar-refractivity contribution >= 4 is 17.7 Å². The molecule has 5 heteroatoms. The number of aryl methyl sites for hydroxylation is 1. The van der Waals surface area contributed by atoms with Gasteiger partial charge in [-0.25, -0.2) is 4.98 Å². The minimum absolute atomic E-state index is 0.000958. The summed E-state index contributed by atoms with van der Waals surface area (Å²) in [5, 5.41) is 3.24. The van der Waals surface area contributed by atoms with Gasteiger partial charge < -0.3 is 9.73 Å². The lowest BCUT2D eigenvalue weighted by atomic mass is 9.78. The lowest BCUT2D eigenvalue weighted by Crippen LogP contribution is -2.43. The summed E-state index contributed by atoms with van der Waals surface area (Å²) in [6.45, 7) is 6.48. The number of nitrogens with one attached hydrogen (secondary N) is 1. The molecule has 0 bridgehead atoms. The second-order valence-electron chi connectivity index (χ2n) is 8.55. The lowest BCUT2D eigenvalue weighted by Gasteiger charge is -2.34. The summed E-state index contributed by atoms with van der Waals surface area (Å²) >= 11 is 1.74. The first kappa shape index (κ1) is 21.7. The first-order chi connectivity index (χ1) is 15.0. The van der Waals surface area contributed by atoms with E-state index in [-0.39, 0.29) is 11.9 Å². The van der Waals surface area contributed by atoms with E-state index in [0.717, 1.165) is 29.2 Å². The third-order valence-corrected chi connectivity index (χ3v) is 7.45. The molecular formula is C26H30N2O2S. The summed E-state index contributed by atoms with van der Waals surface area (Å²) in [6, 6.07) is 18.1. The fraction of sp³-hybridized carbons (Fsp3) is 0.385. The molecule has 1 aromatic heterocycles.